The first-order valence-corrected chi connectivity index (χ1v) is 9.33. The third-order valence-corrected chi connectivity index (χ3v) is 4.47. The molecule has 2 heterocycles. The van der Waals surface area contributed by atoms with Crippen LogP contribution in [0.15, 0.2) is 30.3 Å². The Bertz CT molecular complexity index is 998. The van der Waals surface area contributed by atoms with Gasteiger partial charge in [-0.3, -0.25) is 9.78 Å². The molecule has 0 spiro atoms. The zero-order valence-electron chi connectivity index (χ0n) is 16.0. The Kier molecular flexibility index (Phi) is 6.04. The Balaban J connectivity index is 1.71. The molecule has 1 aromatic carbocycles. The van der Waals surface area contributed by atoms with Gasteiger partial charge in [-0.25, -0.2) is 14.1 Å². The lowest BCUT2D eigenvalue weighted by Crippen LogP contribution is -2.26. The van der Waals surface area contributed by atoms with Crippen LogP contribution >= 0.6 is 11.6 Å². The molecule has 0 bridgehead atoms. The van der Waals surface area contributed by atoms with Crippen LogP contribution in [0, 0.1) is 19.7 Å². The third-order valence-electron chi connectivity index (χ3n) is 4.16. The van der Waals surface area contributed by atoms with E-state index in [-0.39, 0.29) is 17.4 Å². The van der Waals surface area contributed by atoms with Crippen LogP contribution in [0.1, 0.15) is 29.7 Å². The highest BCUT2D eigenvalue weighted by molar-refractivity contribution is 6.30. The molecule has 0 aliphatic rings. The van der Waals surface area contributed by atoms with Crippen molar-refractivity contribution in [3.05, 3.63) is 63.9 Å². The lowest BCUT2D eigenvalue weighted by molar-refractivity contribution is -0.120. The fraction of sp³-hybridized carbons (Fsp3) is 0.300. The van der Waals surface area contributed by atoms with Crippen molar-refractivity contribution in [2.45, 2.75) is 40.3 Å². The fourth-order valence-corrected chi connectivity index (χ4v) is 3.04. The van der Waals surface area contributed by atoms with Crippen LogP contribution in [0.2, 0.25) is 5.02 Å². The summed E-state index contributed by atoms with van der Waals surface area (Å²) in [5.74, 6) is 0.152. The largest absolute Gasteiger partial charge is 0.350 e. The Labute approximate surface area is 167 Å². The van der Waals surface area contributed by atoms with E-state index in [1.807, 2.05) is 32.9 Å². The molecule has 0 saturated carbocycles. The molecule has 0 unspecified atom stereocenters. The maximum atomic E-state index is 13.7. The van der Waals surface area contributed by atoms with Gasteiger partial charge in [-0.15, -0.1) is 0 Å². The number of pyridine rings is 1. The number of aromatic nitrogens is 4. The predicted molar refractivity (Wildman–Crippen MR) is 105 cm³/mol. The van der Waals surface area contributed by atoms with Crippen molar-refractivity contribution < 1.29 is 9.18 Å². The van der Waals surface area contributed by atoms with Crippen LogP contribution in [0.4, 0.5) is 4.39 Å². The fourth-order valence-electron chi connectivity index (χ4n) is 2.93. The Morgan fingerprint density at radius 3 is 2.68 bits per heavy atom. The average molecular weight is 402 g/mol. The number of halogens is 2. The molecule has 2 aromatic heterocycles. The molecule has 6 nitrogen and oxygen atoms in total. The van der Waals surface area contributed by atoms with Crippen LogP contribution in [0.25, 0.3) is 11.4 Å². The first kappa shape index (κ1) is 19.9. The van der Waals surface area contributed by atoms with Gasteiger partial charge in [0.05, 0.1) is 23.7 Å². The van der Waals surface area contributed by atoms with E-state index in [1.54, 1.807) is 10.7 Å². The number of nitrogens with zero attached hydrogens (tertiary/aromatic N) is 4. The van der Waals surface area contributed by atoms with E-state index in [0.717, 1.165) is 17.0 Å². The van der Waals surface area contributed by atoms with Gasteiger partial charge in [0.2, 0.25) is 5.91 Å². The van der Waals surface area contributed by atoms with Crippen molar-refractivity contribution in [2.75, 3.05) is 0 Å². The van der Waals surface area contributed by atoms with Gasteiger partial charge in [-0.1, -0.05) is 11.6 Å². The predicted octanol–water partition coefficient (Wildman–Crippen LogP) is 3.63. The first-order chi connectivity index (χ1) is 13.4. The monoisotopic (exact) mass is 401 g/mol. The second kappa shape index (κ2) is 8.48. The van der Waals surface area contributed by atoms with Crippen LogP contribution < -0.4 is 5.32 Å². The summed E-state index contributed by atoms with van der Waals surface area (Å²) in [6.07, 6.45) is 0.0711. The number of aryl methyl sites for hydroxylation is 3. The standard InChI is InChI=1S/C20H21ClFN5O/c1-4-27-18(25-20(26-27)14-5-6-16(21)17(22)9-14)10-19(28)23-11-15-8-12(2)7-13(3)24-15/h5-9H,4,10-11H2,1-3H3,(H,23,28). The minimum Gasteiger partial charge on any atom is -0.350 e. The topological polar surface area (TPSA) is 72.7 Å². The molecule has 1 amide bonds. The van der Waals surface area contributed by atoms with Crippen LogP contribution in [-0.2, 0) is 24.3 Å². The van der Waals surface area contributed by atoms with Crippen molar-refractivity contribution in [2.24, 2.45) is 0 Å². The second-order valence-electron chi connectivity index (χ2n) is 6.53. The summed E-state index contributed by atoms with van der Waals surface area (Å²) in [6, 6.07) is 8.32. The van der Waals surface area contributed by atoms with E-state index in [1.165, 1.54) is 12.1 Å². The van der Waals surface area contributed by atoms with Gasteiger partial charge < -0.3 is 5.32 Å². The Morgan fingerprint density at radius 2 is 2.00 bits per heavy atom. The van der Waals surface area contributed by atoms with Gasteiger partial charge >= 0.3 is 0 Å². The lowest BCUT2D eigenvalue weighted by atomic mass is 10.2. The van der Waals surface area contributed by atoms with Gasteiger partial charge in [0.1, 0.15) is 11.6 Å². The highest BCUT2D eigenvalue weighted by atomic mass is 35.5. The molecule has 146 valence electrons. The molecule has 0 atom stereocenters. The zero-order chi connectivity index (χ0) is 20.3. The summed E-state index contributed by atoms with van der Waals surface area (Å²) in [7, 11) is 0. The highest BCUT2D eigenvalue weighted by Crippen LogP contribution is 2.22. The number of benzene rings is 1. The molecule has 28 heavy (non-hydrogen) atoms. The van der Waals surface area contributed by atoms with E-state index in [0.29, 0.717) is 30.3 Å². The molecule has 1 N–H and O–H groups in total. The Hall–Kier alpha value is -2.80. The van der Waals surface area contributed by atoms with E-state index >= 15 is 0 Å². The number of hydrogen-bond donors (Lipinski definition) is 1. The molecule has 0 aliphatic carbocycles. The summed E-state index contributed by atoms with van der Waals surface area (Å²) in [4.78, 5) is 21.2. The van der Waals surface area contributed by atoms with Gasteiger partial charge in [-0.2, -0.15) is 5.10 Å². The van der Waals surface area contributed by atoms with Crippen molar-refractivity contribution in [3.63, 3.8) is 0 Å². The Morgan fingerprint density at radius 1 is 1.21 bits per heavy atom. The molecule has 8 heteroatoms. The molecule has 3 rings (SSSR count). The highest BCUT2D eigenvalue weighted by Gasteiger charge is 2.15. The zero-order valence-corrected chi connectivity index (χ0v) is 16.7. The SMILES string of the molecule is CCn1nc(-c2ccc(Cl)c(F)c2)nc1CC(=O)NCc1cc(C)cc(C)n1. The minimum atomic E-state index is -0.535. The molecular formula is C20H21ClFN5O. The average Bonchev–Trinajstić information content (AvgIpc) is 3.04. The minimum absolute atomic E-state index is 0.0401. The van der Waals surface area contributed by atoms with Gasteiger partial charge in [0.15, 0.2) is 5.82 Å². The summed E-state index contributed by atoms with van der Waals surface area (Å²) in [6.45, 7) is 6.71. The lowest BCUT2D eigenvalue weighted by Gasteiger charge is -2.07. The molecular weight excluding hydrogens is 381 g/mol. The summed E-state index contributed by atoms with van der Waals surface area (Å²) in [5.41, 5.74) is 3.33. The van der Waals surface area contributed by atoms with E-state index in [2.05, 4.69) is 20.4 Å². The van der Waals surface area contributed by atoms with E-state index in [9.17, 15) is 9.18 Å². The quantitative estimate of drug-likeness (QED) is 0.684. The molecule has 3 aromatic rings. The number of amides is 1. The van der Waals surface area contributed by atoms with Gasteiger partial charge in [0.25, 0.3) is 0 Å². The molecule has 0 aliphatic heterocycles. The number of nitrogens with one attached hydrogen (secondary N) is 1. The normalized spacial score (nSPS) is 10.9. The maximum absolute atomic E-state index is 13.7. The molecule has 0 radical (unpaired) electrons. The van der Waals surface area contributed by atoms with Crippen molar-refractivity contribution in [1.82, 2.24) is 25.1 Å². The number of rotatable bonds is 6. The smallest absolute Gasteiger partial charge is 0.227 e. The van der Waals surface area contributed by atoms with E-state index < -0.39 is 5.82 Å². The first-order valence-electron chi connectivity index (χ1n) is 8.95. The summed E-state index contributed by atoms with van der Waals surface area (Å²) >= 11 is 5.73. The van der Waals surface area contributed by atoms with Gasteiger partial charge in [0, 0.05) is 17.8 Å². The second-order valence-corrected chi connectivity index (χ2v) is 6.93. The van der Waals surface area contributed by atoms with Crippen molar-refractivity contribution in [1.29, 1.82) is 0 Å². The van der Waals surface area contributed by atoms with Crippen LogP contribution in [-0.4, -0.2) is 25.7 Å². The molecule has 0 saturated heterocycles. The van der Waals surface area contributed by atoms with Crippen LogP contribution in [0.5, 0.6) is 0 Å². The van der Waals surface area contributed by atoms with Crippen molar-refractivity contribution >= 4 is 17.5 Å². The number of carbonyl (C=O) groups excluding carboxylic acids is 1. The van der Waals surface area contributed by atoms with E-state index in [4.69, 9.17) is 11.6 Å². The maximum Gasteiger partial charge on any atom is 0.227 e. The number of hydrogen-bond acceptors (Lipinski definition) is 4. The third kappa shape index (κ3) is 4.72. The number of carbonyl (C=O) groups is 1. The van der Waals surface area contributed by atoms with Crippen molar-refractivity contribution in [3.8, 4) is 11.4 Å². The summed E-state index contributed by atoms with van der Waals surface area (Å²) in [5, 5.41) is 7.27. The molecule has 0 fully saturated rings. The van der Waals surface area contributed by atoms with Crippen LogP contribution in [0.3, 0.4) is 0 Å². The summed E-state index contributed by atoms with van der Waals surface area (Å²) < 4.78 is 15.4. The van der Waals surface area contributed by atoms with Gasteiger partial charge in [-0.05, 0) is 56.7 Å².